The third kappa shape index (κ3) is 246. The van der Waals surface area contributed by atoms with E-state index in [1.54, 1.807) is 0 Å². The van der Waals surface area contributed by atoms with Crippen LogP contribution >= 0.6 is 0 Å². The van der Waals surface area contributed by atoms with Gasteiger partial charge in [-0.05, 0) is 0 Å². The number of halogens is 3. The topological polar surface area (TPSA) is 0 Å². The summed E-state index contributed by atoms with van der Waals surface area (Å²) in [4.78, 5) is 0. The molecule has 0 N–H and O–H groups in total. The van der Waals surface area contributed by atoms with Gasteiger partial charge in [0.25, 0.3) is 0 Å². The molecule has 0 aliphatic rings. The number of hydrogen-bond acceptors (Lipinski definition) is 0. The van der Waals surface area contributed by atoms with Crippen molar-refractivity contribution in [1.29, 1.82) is 0 Å². The van der Waals surface area contributed by atoms with Crippen molar-refractivity contribution < 1.29 is 14.1 Å². The average molecular weight is 234 g/mol. The van der Waals surface area contributed by atoms with E-state index in [-0.39, 0.29) is 14.1 Å². The van der Waals surface area contributed by atoms with Crippen molar-refractivity contribution in [2.75, 3.05) is 0 Å². The maximum atomic E-state index is 2.18. The summed E-state index contributed by atoms with van der Waals surface area (Å²) in [5.74, 6) is 0. The SMILES string of the molecule is CCCC.CCCC.CCCC.F.F.F. The van der Waals surface area contributed by atoms with Crippen molar-refractivity contribution in [1.82, 2.24) is 0 Å². The molecular formula is C12H33F3. The fourth-order valence-electron chi connectivity index (χ4n) is 0. The van der Waals surface area contributed by atoms with Crippen molar-refractivity contribution in [2.45, 2.75) is 80.1 Å². The maximum absolute atomic E-state index is 2.18. The summed E-state index contributed by atoms with van der Waals surface area (Å²) in [5.41, 5.74) is 0. The van der Waals surface area contributed by atoms with Crippen LogP contribution in [0.15, 0.2) is 0 Å². The highest BCUT2D eigenvalue weighted by molar-refractivity contribution is 4.13. The summed E-state index contributed by atoms with van der Waals surface area (Å²) in [6.45, 7) is 13.1. The fraction of sp³-hybridized carbons (Fsp3) is 1.00. The van der Waals surface area contributed by atoms with Gasteiger partial charge in [-0.2, -0.15) is 0 Å². The zero-order valence-electron chi connectivity index (χ0n) is 11.5. The quantitative estimate of drug-likeness (QED) is 0.572. The summed E-state index contributed by atoms with van der Waals surface area (Å²) in [6.07, 6.45) is 7.92. The molecular weight excluding hydrogens is 201 g/mol. The molecule has 0 saturated carbocycles. The van der Waals surface area contributed by atoms with E-state index in [0.717, 1.165) is 0 Å². The Labute approximate surface area is 95.0 Å². The lowest BCUT2D eigenvalue weighted by molar-refractivity contribution is 0.886. The van der Waals surface area contributed by atoms with E-state index < -0.39 is 0 Å². The molecule has 0 aliphatic heterocycles. The van der Waals surface area contributed by atoms with Crippen LogP contribution in [-0.2, 0) is 0 Å². The first kappa shape index (κ1) is 36.4. The highest BCUT2D eigenvalue weighted by atomic mass is 19.0. The smallest absolute Gasteiger partial charge is 0.0564 e. The first-order chi connectivity index (χ1) is 5.74. The molecule has 0 radical (unpaired) electrons. The first-order valence-electron chi connectivity index (χ1n) is 5.74. The van der Waals surface area contributed by atoms with E-state index in [9.17, 15) is 0 Å². The summed E-state index contributed by atoms with van der Waals surface area (Å²) in [7, 11) is 0. The van der Waals surface area contributed by atoms with Gasteiger partial charge < -0.3 is 0 Å². The third-order valence-corrected chi connectivity index (χ3v) is 1.50. The molecule has 0 bridgehead atoms. The molecule has 0 atom stereocenters. The second-order valence-corrected chi connectivity index (χ2v) is 3.00. The number of hydrogen-bond donors (Lipinski definition) is 0. The molecule has 0 fully saturated rings. The van der Waals surface area contributed by atoms with Gasteiger partial charge in [-0.1, -0.05) is 80.1 Å². The zero-order chi connectivity index (χ0) is 10.2. The van der Waals surface area contributed by atoms with Crippen LogP contribution in [0.5, 0.6) is 0 Å². The number of rotatable bonds is 3. The van der Waals surface area contributed by atoms with Crippen molar-refractivity contribution >= 4 is 0 Å². The van der Waals surface area contributed by atoms with Crippen LogP contribution in [0.1, 0.15) is 80.1 Å². The second-order valence-electron chi connectivity index (χ2n) is 3.00. The van der Waals surface area contributed by atoms with Crippen LogP contribution in [0.3, 0.4) is 0 Å². The van der Waals surface area contributed by atoms with Crippen LogP contribution in [0, 0.1) is 0 Å². The van der Waals surface area contributed by atoms with E-state index in [1.165, 1.54) is 38.5 Å². The van der Waals surface area contributed by atoms with Crippen molar-refractivity contribution in [3.8, 4) is 0 Å². The van der Waals surface area contributed by atoms with Gasteiger partial charge in [-0.15, -0.1) is 0 Å². The number of unbranched alkanes of at least 4 members (excludes halogenated alkanes) is 3. The Bertz CT molecular complexity index is 26.3. The Morgan fingerprint density at radius 3 is 0.400 bits per heavy atom. The Balaban J connectivity index is -0.0000000184. The highest BCUT2D eigenvalue weighted by Gasteiger charge is 1.57. The molecule has 0 aromatic rings. The Hall–Kier alpha value is -0.210. The minimum atomic E-state index is 0. The Kier molecular flexibility index (Phi) is 163. The van der Waals surface area contributed by atoms with Crippen LogP contribution in [0.4, 0.5) is 14.1 Å². The molecule has 0 aromatic heterocycles. The summed E-state index contributed by atoms with van der Waals surface area (Å²) < 4.78 is 0. The van der Waals surface area contributed by atoms with Crippen LogP contribution < -0.4 is 0 Å². The van der Waals surface area contributed by atoms with Gasteiger partial charge >= 0.3 is 0 Å². The Morgan fingerprint density at radius 2 is 0.400 bits per heavy atom. The predicted molar refractivity (Wildman–Crippen MR) is 69.3 cm³/mol. The molecule has 0 rings (SSSR count). The molecule has 3 heteroatoms. The fourth-order valence-corrected chi connectivity index (χ4v) is 0. The molecule has 15 heavy (non-hydrogen) atoms. The van der Waals surface area contributed by atoms with Gasteiger partial charge in [0.1, 0.15) is 0 Å². The van der Waals surface area contributed by atoms with Gasteiger partial charge in [-0.25, -0.2) is 0 Å². The Morgan fingerprint density at radius 1 is 0.333 bits per heavy atom. The van der Waals surface area contributed by atoms with Gasteiger partial charge in [0.05, 0.1) is 0 Å². The van der Waals surface area contributed by atoms with Gasteiger partial charge in [0.15, 0.2) is 0 Å². The minimum absolute atomic E-state index is 0. The van der Waals surface area contributed by atoms with E-state index in [0.29, 0.717) is 0 Å². The first-order valence-corrected chi connectivity index (χ1v) is 5.74. The molecule has 0 aliphatic carbocycles. The summed E-state index contributed by atoms with van der Waals surface area (Å²) >= 11 is 0. The molecule has 0 amide bonds. The van der Waals surface area contributed by atoms with E-state index in [4.69, 9.17) is 0 Å². The van der Waals surface area contributed by atoms with E-state index >= 15 is 0 Å². The third-order valence-electron chi connectivity index (χ3n) is 1.50. The lowest BCUT2D eigenvalue weighted by atomic mass is 10.4. The van der Waals surface area contributed by atoms with Gasteiger partial charge in [0, 0.05) is 0 Å². The summed E-state index contributed by atoms with van der Waals surface area (Å²) in [5, 5.41) is 0. The largest absolute Gasteiger partial charge is 0.269 e. The minimum Gasteiger partial charge on any atom is -0.269 e. The van der Waals surface area contributed by atoms with Crippen molar-refractivity contribution in [3.63, 3.8) is 0 Å². The maximum Gasteiger partial charge on any atom is -0.0564 e. The van der Waals surface area contributed by atoms with E-state index in [1.807, 2.05) is 0 Å². The monoisotopic (exact) mass is 234 g/mol. The second kappa shape index (κ2) is 67.3. The molecule has 0 aromatic carbocycles. The lowest BCUT2D eigenvalue weighted by Crippen LogP contribution is -1.47. The van der Waals surface area contributed by atoms with Crippen molar-refractivity contribution in [2.24, 2.45) is 0 Å². The summed E-state index contributed by atoms with van der Waals surface area (Å²) in [6, 6.07) is 0. The molecule has 0 saturated heterocycles. The molecule has 0 heterocycles. The van der Waals surface area contributed by atoms with Gasteiger partial charge in [0.2, 0.25) is 0 Å². The molecule has 0 nitrogen and oxygen atoms in total. The highest BCUT2D eigenvalue weighted by Crippen LogP contribution is 1.77. The predicted octanol–water partition coefficient (Wildman–Crippen LogP) is 5.88. The van der Waals surface area contributed by atoms with Crippen molar-refractivity contribution in [3.05, 3.63) is 0 Å². The van der Waals surface area contributed by atoms with Crippen LogP contribution in [-0.4, -0.2) is 0 Å². The molecule has 102 valence electrons. The lowest BCUT2D eigenvalue weighted by Gasteiger charge is -1.68. The van der Waals surface area contributed by atoms with Crippen LogP contribution in [0.2, 0.25) is 0 Å². The van der Waals surface area contributed by atoms with Gasteiger partial charge in [-0.3, -0.25) is 14.1 Å². The normalized spacial score (nSPS) is 6.00. The molecule has 0 spiro atoms. The zero-order valence-corrected chi connectivity index (χ0v) is 11.5. The van der Waals surface area contributed by atoms with E-state index in [2.05, 4.69) is 41.5 Å². The standard InChI is InChI=1S/3C4H10.3FH/c3*1-3-4-2;;;/h3*3-4H2,1-2H3;3*1H. The molecule has 0 unspecified atom stereocenters. The van der Waals surface area contributed by atoms with Crippen LogP contribution in [0.25, 0.3) is 0 Å². The average Bonchev–Trinajstić information content (AvgIpc) is 2.18.